The van der Waals surface area contributed by atoms with Gasteiger partial charge in [0.1, 0.15) is 0 Å². The summed E-state index contributed by atoms with van der Waals surface area (Å²) in [5.74, 6) is -0.534. The number of aromatic nitrogens is 1. The van der Waals surface area contributed by atoms with Crippen molar-refractivity contribution in [3.05, 3.63) is 58.9 Å². The predicted molar refractivity (Wildman–Crippen MR) is 89.6 cm³/mol. The molecule has 0 amide bonds. The van der Waals surface area contributed by atoms with Crippen molar-refractivity contribution in [3.8, 4) is 0 Å². The number of hydrogen-bond donors (Lipinski definition) is 0. The van der Waals surface area contributed by atoms with E-state index < -0.39 is 0 Å². The summed E-state index contributed by atoms with van der Waals surface area (Å²) >= 11 is 0. The summed E-state index contributed by atoms with van der Waals surface area (Å²) in [5.41, 5.74) is 3.52. The topological polar surface area (TPSA) is 48.3 Å². The van der Waals surface area contributed by atoms with Gasteiger partial charge < -0.3 is 9.30 Å². The SMILES string of the molecule is CCCn1c(C)cc(C(=O)COC(=O)Cc2ccccc2)c1C. The summed E-state index contributed by atoms with van der Waals surface area (Å²) in [6.45, 7) is 6.70. The summed E-state index contributed by atoms with van der Waals surface area (Å²) in [5, 5.41) is 0. The number of esters is 1. The Bertz CT molecular complexity index is 686. The highest BCUT2D eigenvalue weighted by Gasteiger charge is 2.17. The van der Waals surface area contributed by atoms with Crippen LogP contribution in [0.5, 0.6) is 0 Å². The number of ether oxygens (including phenoxy) is 1. The van der Waals surface area contributed by atoms with Crippen molar-refractivity contribution >= 4 is 11.8 Å². The third kappa shape index (κ3) is 4.31. The molecular formula is C19H23NO3. The average Bonchev–Trinajstić information content (AvgIpc) is 2.82. The van der Waals surface area contributed by atoms with E-state index in [4.69, 9.17) is 4.74 Å². The van der Waals surface area contributed by atoms with Crippen molar-refractivity contribution in [1.29, 1.82) is 0 Å². The van der Waals surface area contributed by atoms with Gasteiger partial charge in [-0.15, -0.1) is 0 Å². The van der Waals surface area contributed by atoms with Crippen LogP contribution in [0.15, 0.2) is 36.4 Å². The van der Waals surface area contributed by atoms with Gasteiger partial charge in [-0.1, -0.05) is 37.3 Å². The fourth-order valence-corrected chi connectivity index (χ4v) is 2.69. The number of benzene rings is 1. The molecule has 1 aromatic heterocycles. The largest absolute Gasteiger partial charge is 0.457 e. The van der Waals surface area contributed by atoms with E-state index in [1.807, 2.05) is 50.2 Å². The van der Waals surface area contributed by atoms with Gasteiger partial charge in [0.25, 0.3) is 0 Å². The number of ketones is 1. The van der Waals surface area contributed by atoms with Crippen LogP contribution in [0, 0.1) is 13.8 Å². The van der Waals surface area contributed by atoms with Crippen LogP contribution in [0.25, 0.3) is 0 Å². The number of carbonyl (C=O) groups is 2. The van der Waals surface area contributed by atoms with E-state index in [1.54, 1.807) is 0 Å². The zero-order valence-electron chi connectivity index (χ0n) is 14.0. The molecule has 2 aromatic rings. The Kier molecular flexibility index (Phi) is 5.74. The third-order valence-electron chi connectivity index (χ3n) is 3.88. The molecule has 0 aliphatic heterocycles. The molecule has 0 spiro atoms. The molecule has 4 nitrogen and oxygen atoms in total. The Morgan fingerprint density at radius 1 is 1.13 bits per heavy atom. The van der Waals surface area contributed by atoms with Gasteiger partial charge in [-0.3, -0.25) is 9.59 Å². The molecule has 0 aliphatic rings. The van der Waals surface area contributed by atoms with Crippen molar-refractivity contribution in [1.82, 2.24) is 4.57 Å². The maximum absolute atomic E-state index is 12.3. The van der Waals surface area contributed by atoms with Crippen LogP contribution in [-0.2, 0) is 22.5 Å². The van der Waals surface area contributed by atoms with Crippen LogP contribution < -0.4 is 0 Å². The molecule has 1 heterocycles. The zero-order chi connectivity index (χ0) is 16.8. The van der Waals surface area contributed by atoms with Gasteiger partial charge >= 0.3 is 5.97 Å². The fraction of sp³-hybridized carbons (Fsp3) is 0.368. The Morgan fingerprint density at radius 3 is 2.48 bits per heavy atom. The number of carbonyl (C=O) groups excluding carboxylic acids is 2. The number of rotatable bonds is 7. The first-order chi connectivity index (χ1) is 11.0. The molecule has 0 unspecified atom stereocenters. The van der Waals surface area contributed by atoms with E-state index in [0.717, 1.165) is 29.9 Å². The van der Waals surface area contributed by atoms with E-state index in [2.05, 4.69) is 11.5 Å². The van der Waals surface area contributed by atoms with E-state index in [1.165, 1.54) is 0 Å². The Balaban J connectivity index is 1.95. The molecular weight excluding hydrogens is 290 g/mol. The maximum Gasteiger partial charge on any atom is 0.310 e. The van der Waals surface area contributed by atoms with Gasteiger partial charge in [-0.25, -0.2) is 0 Å². The average molecular weight is 313 g/mol. The minimum absolute atomic E-state index is 0.151. The Labute approximate surface area is 137 Å². The first-order valence-corrected chi connectivity index (χ1v) is 7.92. The molecule has 1 aromatic carbocycles. The van der Waals surface area contributed by atoms with Crippen molar-refractivity contribution in [3.63, 3.8) is 0 Å². The van der Waals surface area contributed by atoms with Gasteiger partial charge in [0.15, 0.2) is 6.61 Å². The number of hydrogen-bond acceptors (Lipinski definition) is 3. The number of Topliss-reactive ketones (excluding diaryl/α,β-unsaturated/α-hetero) is 1. The number of nitrogens with zero attached hydrogens (tertiary/aromatic N) is 1. The Morgan fingerprint density at radius 2 is 1.83 bits per heavy atom. The molecule has 23 heavy (non-hydrogen) atoms. The minimum Gasteiger partial charge on any atom is -0.457 e. The lowest BCUT2D eigenvalue weighted by atomic mass is 10.1. The minimum atomic E-state index is -0.382. The molecule has 0 bridgehead atoms. The van der Waals surface area contributed by atoms with Gasteiger partial charge in [0.2, 0.25) is 5.78 Å². The Hall–Kier alpha value is -2.36. The predicted octanol–water partition coefficient (Wildman–Crippen LogP) is 3.48. The second-order valence-corrected chi connectivity index (χ2v) is 5.68. The lowest BCUT2D eigenvalue weighted by molar-refractivity contribution is -0.141. The van der Waals surface area contributed by atoms with Crippen LogP contribution >= 0.6 is 0 Å². The van der Waals surface area contributed by atoms with Crippen LogP contribution in [0.2, 0.25) is 0 Å². The van der Waals surface area contributed by atoms with E-state index in [-0.39, 0.29) is 24.8 Å². The quantitative estimate of drug-likeness (QED) is 0.581. The lowest BCUT2D eigenvalue weighted by Gasteiger charge is -2.08. The van der Waals surface area contributed by atoms with Gasteiger partial charge in [0.05, 0.1) is 6.42 Å². The van der Waals surface area contributed by atoms with E-state index >= 15 is 0 Å². The molecule has 0 aliphatic carbocycles. The first-order valence-electron chi connectivity index (χ1n) is 7.92. The molecule has 0 saturated carbocycles. The van der Waals surface area contributed by atoms with Crippen molar-refractivity contribution in [2.75, 3.05) is 6.61 Å². The second-order valence-electron chi connectivity index (χ2n) is 5.68. The van der Waals surface area contributed by atoms with Crippen molar-refractivity contribution in [2.45, 2.75) is 40.2 Å². The normalized spacial score (nSPS) is 10.6. The fourth-order valence-electron chi connectivity index (χ4n) is 2.69. The zero-order valence-corrected chi connectivity index (χ0v) is 14.0. The summed E-state index contributed by atoms with van der Waals surface area (Å²) < 4.78 is 7.25. The standard InChI is InChI=1S/C19H23NO3/c1-4-10-20-14(2)11-17(15(20)3)18(21)13-23-19(22)12-16-8-6-5-7-9-16/h5-9,11H,4,10,12-13H2,1-3H3. The lowest BCUT2D eigenvalue weighted by Crippen LogP contribution is -2.16. The van der Waals surface area contributed by atoms with E-state index in [0.29, 0.717) is 5.56 Å². The highest BCUT2D eigenvalue weighted by molar-refractivity contribution is 5.99. The van der Waals surface area contributed by atoms with Crippen molar-refractivity contribution < 1.29 is 14.3 Å². The molecule has 0 atom stereocenters. The summed E-state index contributed by atoms with van der Waals surface area (Å²) in [6.07, 6.45) is 1.19. The summed E-state index contributed by atoms with van der Waals surface area (Å²) in [4.78, 5) is 24.1. The summed E-state index contributed by atoms with van der Waals surface area (Å²) in [6, 6.07) is 11.2. The van der Waals surface area contributed by atoms with Crippen LogP contribution in [0.3, 0.4) is 0 Å². The molecule has 0 fully saturated rings. The maximum atomic E-state index is 12.3. The first kappa shape index (κ1) is 17.0. The van der Waals surface area contributed by atoms with Gasteiger partial charge in [-0.2, -0.15) is 0 Å². The molecule has 2 rings (SSSR count). The highest BCUT2D eigenvalue weighted by Crippen LogP contribution is 2.16. The van der Waals surface area contributed by atoms with Crippen LogP contribution in [0.1, 0.15) is 40.7 Å². The molecule has 122 valence electrons. The monoisotopic (exact) mass is 313 g/mol. The van der Waals surface area contributed by atoms with Gasteiger partial charge in [0, 0.05) is 23.5 Å². The van der Waals surface area contributed by atoms with Crippen LogP contribution in [0.4, 0.5) is 0 Å². The summed E-state index contributed by atoms with van der Waals surface area (Å²) in [7, 11) is 0. The van der Waals surface area contributed by atoms with Crippen LogP contribution in [-0.4, -0.2) is 22.9 Å². The third-order valence-corrected chi connectivity index (χ3v) is 3.88. The molecule has 4 heteroatoms. The second kappa shape index (κ2) is 7.77. The number of aryl methyl sites for hydroxylation is 1. The van der Waals surface area contributed by atoms with E-state index in [9.17, 15) is 9.59 Å². The molecule has 0 N–H and O–H groups in total. The van der Waals surface area contributed by atoms with Crippen molar-refractivity contribution in [2.24, 2.45) is 0 Å². The molecule has 0 radical (unpaired) electrons. The smallest absolute Gasteiger partial charge is 0.310 e. The molecule has 0 saturated heterocycles. The van der Waals surface area contributed by atoms with Gasteiger partial charge in [-0.05, 0) is 31.9 Å². The highest BCUT2D eigenvalue weighted by atomic mass is 16.5.